The Kier molecular flexibility index (Phi) is 8.24. The first-order chi connectivity index (χ1) is 13.7. The second-order valence-corrected chi connectivity index (χ2v) is 8.30. The predicted octanol–water partition coefficient (Wildman–Crippen LogP) is 3.47. The van der Waals surface area contributed by atoms with Gasteiger partial charge in [-0.15, -0.1) is 0 Å². The quantitative estimate of drug-likeness (QED) is 0.636. The second kappa shape index (κ2) is 11.1. The summed E-state index contributed by atoms with van der Waals surface area (Å²) in [6.07, 6.45) is 4.96. The maximum Gasteiger partial charge on any atom is 0.224 e. The molecule has 3 rings (SSSR count). The fourth-order valence-electron chi connectivity index (χ4n) is 3.58. The molecular weight excluding hydrogens is 366 g/mol. The molecule has 0 aliphatic carbocycles. The van der Waals surface area contributed by atoms with Gasteiger partial charge in [0, 0.05) is 43.7 Å². The monoisotopic (exact) mass is 397 g/mol. The lowest BCUT2D eigenvalue weighted by atomic mass is 10.0. The molecule has 2 aromatic rings. The lowest BCUT2D eigenvalue weighted by Crippen LogP contribution is -2.43. The highest BCUT2D eigenvalue weighted by atomic mass is 32.2. The van der Waals surface area contributed by atoms with E-state index in [1.54, 1.807) is 0 Å². The Labute approximate surface area is 173 Å². The number of benzene rings is 2. The summed E-state index contributed by atoms with van der Waals surface area (Å²) in [5.74, 6) is 1.24. The molecule has 4 nitrogen and oxygen atoms in total. The number of rotatable bonds is 9. The first-order valence-electron chi connectivity index (χ1n) is 10.1. The van der Waals surface area contributed by atoms with Crippen LogP contribution in [0.2, 0.25) is 0 Å². The van der Waals surface area contributed by atoms with Gasteiger partial charge in [-0.2, -0.15) is 11.8 Å². The van der Waals surface area contributed by atoms with Gasteiger partial charge in [0.05, 0.1) is 6.42 Å². The van der Waals surface area contributed by atoms with Crippen molar-refractivity contribution in [2.45, 2.75) is 31.8 Å². The summed E-state index contributed by atoms with van der Waals surface area (Å²) in [5, 5.41) is 6.65. The van der Waals surface area contributed by atoms with Crippen LogP contribution >= 0.6 is 11.8 Å². The molecule has 0 bridgehead atoms. The molecule has 0 spiro atoms. The minimum absolute atomic E-state index is 0.0636. The van der Waals surface area contributed by atoms with E-state index in [-0.39, 0.29) is 5.91 Å². The van der Waals surface area contributed by atoms with Gasteiger partial charge in [-0.25, -0.2) is 0 Å². The molecule has 2 aromatic carbocycles. The highest BCUT2D eigenvalue weighted by Crippen LogP contribution is 2.21. The summed E-state index contributed by atoms with van der Waals surface area (Å²) >= 11 is 1.89. The summed E-state index contributed by atoms with van der Waals surface area (Å²) in [7, 11) is 0. The fourth-order valence-corrected chi connectivity index (χ4v) is 3.90. The molecule has 0 unspecified atom stereocenters. The summed E-state index contributed by atoms with van der Waals surface area (Å²) in [5.41, 5.74) is 3.44. The van der Waals surface area contributed by atoms with Crippen molar-refractivity contribution in [2.24, 2.45) is 0 Å². The SMILES string of the molecule is CSCCNC1CCN(c2ccc(CC(=O)NCc3ccccc3)cc2)CC1. The second-order valence-electron chi connectivity index (χ2n) is 7.31. The first kappa shape index (κ1) is 20.7. The number of nitrogens with zero attached hydrogens (tertiary/aromatic N) is 1. The topological polar surface area (TPSA) is 44.4 Å². The molecule has 0 atom stereocenters. The Bertz CT molecular complexity index is 712. The van der Waals surface area contributed by atoms with Gasteiger partial charge in [-0.3, -0.25) is 4.79 Å². The Morgan fingerprint density at radius 3 is 2.43 bits per heavy atom. The Morgan fingerprint density at radius 2 is 1.75 bits per heavy atom. The average molecular weight is 398 g/mol. The standard InChI is InChI=1S/C23H31N3OS/c1-28-16-13-24-21-11-14-26(15-12-21)22-9-7-19(8-10-22)17-23(27)25-18-20-5-3-2-4-6-20/h2-10,21,24H,11-18H2,1H3,(H,25,27). The van der Waals surface area contributed by atoms with Crippen molar-refractivity contribution in [3.63, 3.8) is 0 Å². The van der Waals surface area contributed by atoms with Gasteiger partial charge in [0.15, 0.2) is 0 Å². The number of amides is 1. The number of piperidine rings is 1. The Hall–Kier alpha value is -1.98. The highest BCUT2D eigenvalue weighted by Gasteiger charge is 2.18. The summed E-state index contributed by atoms with van der Waals surface area (Å²) in [4.78, 5) is 14.6. The van der Waals surface area contributed by atoms with Crippen molar-refractivity contribution in [3.8, 4) is 0 Å². The lowest BCUT2D eigenvalue weighted by Gasteiger charge is -2.34. The lowest BCUT2D eigenvalue weighted by molar-refractivity contribution is -0.120. The highest BCUT2D eigenvalue weighted by molar-refractivity contribution is 7.98. The van der Waals surface area contributed by atoms with E-state index in [0.717, 1.165) is 30.8 Å². The van der Waals surface area contributed by atoms with E-state index in [0.29, 0.717) is 19.0 Å². The smallest absolute Gasteiger partial charge is 0.224 e. The minimum Gasteiger partial charge on any atom is -0.371 e. The predicted molar refractivity (Wildman–Crippen MR) is 120 cm³/mol. The first-order valence-corrected chi connectivity index (χ1v) is 11.5. The summed E-state index contributed by atoms with van der Waals surface area (Å²) < 4.78 is 0. The third-order valence-electron chi connectivity index (χ3n) is 5.23. The van der Waals surface area contributed by atoms with Crippen LogP contribution in [0.25, 0.3) is 0 Å². The third kappa shape index (κ3) is 6.57. The number of anilines is 1. The molecule has 1 fully saturated rings. The van der Waals surface area contributed by atoms with Crippen molar-refractivity contribution >= 4 is 23.4 Å². The molecule has 5 heteroatoms. The van der Waals surface area contributed by atoms with Gasteiger partial charge in [0.2, 0.25) is 5.91 Å². The molecule has 28 heavy (non-hydrogen) atoms. The summed E-state index contributed by atoms with van der Waals surface area (Å²) in [6, 6.07) is 19.1. The van der Waals surface area contributed by atoms with Crippen LogP contribution in [0.3, 0.4) is 0 Å². The molecule has 0 radical (unpaired) electrons. The van der Waals surface area contributed by atoms with E-state index in [1.165, 1.54) is 24.3 Å². The van der Waals surface area contributed by atoms with Gasteiger partial charge < -0.3 is 15.5 Å². The maximum atomic E-state index is 12.2. The Morgan fingerprint density at radius 1 is 1.04 bits per heavy atom. The van der Waals surface area contributed by atoms with Crippen LogP contribution in [0.4, 0.5) is 5.69 Å². The van der Waals surface area contributed by atoms with Crippen LogP contribution in [0.1, 0.15) is 24.0 Å². The summed E-state index contributed by atoms with van der Waals surface area (Å²) in [6.45, 7) is 3.87. The zero-order valence-corrected chi connectivity index (χ0v) is 17.5. The number of hydrogen-bond acceptors (Lipinski definition) is 4. The van der Waals surface area contributed by atoms with Crippen LogP contribution in [-0.2, 0) is 17.8 Å². The number of nitrogens with one attached hydrogen (secondary N) is 2. The normalized spacial score (nSPS) is 14.8. The third-order valence-corrected chi connectivity index (χ3v) is 5.85. The van der Waals surface area contributed by atoms with E-state index in [2.05, 4.69) is 46.1 Å². The van der Waals surface area contributed by atoms with E-state index < -0.39 is 0 Å². The molecule has 1 aliphatic rings. The molecule has 0 aromatic heterocycles. The van der Waals surface area contributed by atoms with E-state index in [1.807, 2.05) is 42.1 Å². The number of carbonyl (C=O) groups is 1. The number of carbonyl (C=O) groups excluding carboxylic acids is 1. The molecule has 1 saturated heterocycles. The molecule has 2 N–H and O–H groups in total. The van der Waals surface area contributed by atoms with Crippen LogP contribution < -0.4 is 15.5 Å². The van der Waals surface area contributed by atoms with E-state index >= 15 is 0 Å². The van der Waals surface area contributed by atoms with Crippen molar-refractivity contribution in [2.75, 3.05) is 36.5 Å². The van der Waals surface area contributed by atoms with Crippen LogP contribution in [0, 0.1) is 0 Å². The van der Waals surface area contributed by atoms with Crippen molar-refractivity contribution < 1.29 is 4.79 Å². The van der Waals surface area contributed by atoms with Gasteiger partial charge in [-0.1, -0.05) is 42.5 Å². The minimum atomic E-state index is 0.0636. The van der Waals surface area contributed by atoms with Crippen LogP contribution in [0.5, 0.6) is 0 Å². The Balaban J connectivity index is 1.41. The van der Waals surface area contributed by atoms with Gasteiger partial charge in [-0.05, 0) is 42.4 Å². The maximum absolute atomic E-state index is 12.2. The molecule has 0 saturated carbocycles. The van der Waals surface area contributed by atoms with Gasteiger partial charge in [0.25, 0.3) is 0 Å². The van der Waals surface area contributed by atoms with Crippen LogP contribution in [-0.4, -0.2) is 43.6 Å². The molecule has 1 aliphatic heterocycles. The van der Waals surface area contributed by atoms with Gasteiger partial charge >= 0.3 is 0 Å². The number of thioether (sulfide) groups is 1. The molecular formula is C23H31N3OS. The van der Waals surface area contributed by atoms with Gasteiger partial charge in [0.1, 0.15) is 0 Å². The van der Waals surface area contributed by atoms with Crippen molar-refractivity contribution in [1.82, 2.24) is 10.6 Å². The molecule has 1 amide bonds. The zero-order chi connectivity index (χ0) is 19.6. The fraction of sp³-hybridized carbons (Fsp3) is 0.435. The average Bonchev–Trinajstić information content (AvgIpc) is 2.74. The van der Waals surface area contributed by atoms with Crippen LogP contribution in [0.15, 0.2) is 54.6 Å². The van der Waals surface area contributed by atoms with E-state index in [4.69, 9.17) is 0 Å². The molecule has 1 heterocycles. The largest absolute Gasteiger partial charge is 0.371 e. The van der Waals surface area contributed by atoms with E-state index in [9.17, 15) is 4.79 Å². The van der Waals surface area contributed by atoms with Crippen molar-refractivity contribution in [3.05, 3.63) is 65.7 Å². The number of hydrogen-bond donors (Lipinski definition) is 2. The van der Waals surface area contributed by atoms with Crippen molar-refractivity contribution in [1.29, 1.82) is 0 Å². The molecule has 150 valence electrons. The zero-order valence-electron chi connectivity index (χ0n) is 16.7.